The van der Waals surface area contributed by atoms with E-state index in [0.29, 0.717) is 19.3 Å². The second-order valence-corrected chi connectivity index (χ2v) is 23.1. The van der Waals surface area contributed by atoms with Crippen LogP contribution in [0, 0.1) is 0 Å². The predicted octanol–water partition coefficient (Wildman–Crippen LogP) is 24.0. The third kappa shape index (κ3) is 67.0. The van der Waals surface area contributed by atoms with Gasteiger partial charge >= 0.3 is 17.9 Å². The summed E-state index contributed by atoms with van der Waals surface area (Å²) in [7, 11) is 0. The standard InChI is InChI=1S/C75H130O6/c1-4-7-10-13-16-19-22-25-28-31-32-33-34-35-36-37-38-39-40-41-42-45-47-50-53-56-59-62-65-68-74(77)80-71-72(81-75(78)69-66-63-60-57-54-51-48-44-30-27-24-21-18-15-12-9-6-3)70-79-73(76)67-64-61-58-55-52-49-46-43-29-26-23-20-17-14-11-8-5-2/h9,12,18,21-22,25,27,30-32,34-35,48,51,57,60,72H,4-8,10-11,13-17,19-20,23-24,26,28-29,33,36-47,49-50,52-56,58-59,61-71H2,1-3H3/b12-9-,21-18-,25-22-,30-27-,32-31-,35-34-,51-48-,60-57-. The lowest BCUT2D eigenvalue weighted by Crippen LogP contribution is -2.30. The Hall–Kier alpha value is -3.67. The quantitative estimate of drug-likeness (QED) is 0.0261. The maximum Gasteiger partial charge on any atom is 0.306 e. The van der Waals surface area contributed by atoms with Crippen LogP contribution >= 0.6 is 0 Å². The number of esters is 3. The van der Waals surface area contributed by atoms with Gasteiger partial charge < -0.3 is 14.2 Å². The number of hydrogen-bond acceptors (Lipinski definition) is 6. The zero-order valence-corrected chi connectivity index (χ0v) is 53.5. The van der Waals surface area contributed by atoms with Gasteiger partial charge in [-0.05, 0) is 96.3 Å². The Kier molecular flexibility index (Phi) is 65.7. The molecule has 6 heteroatoms. The molecule has 466 valence electrons. The molecule has 0 aliphatic rings. The van der Waals surface area contributed by atoms with Crippen LogP contribution in [0.2, 0.25) is 0 Å². The second kappa shape index (κ2) is 68.8. The minimum Gasteiger partial charge on any atom is -0.462 e. The van der Waals surface area contributed by atoms with Crippen LogP contribution < -0.4 is 0 Å². The molecule has 0 fully saturated rings. The number of ether oxygens (including phenoxy) is 3. The lowest BCUT2D eigenvalue weighted by atomic mass is 10.0. The van der Waals surface area contributed by atoms with Crippen molar-refractivity contribution in [2.45, 2.75) is 348 Å². The number of carbonyl (C=O) groups excluding carboxylic acids is 3. The van der Waals surface area contributed by atoms with Crippen LogP contribution in [-0.2, 0) is 28.6 Å². The van der Waals surface area contributed by atoms with E-state index in [-0.39, 0.29) is 37.5 Å². The number of rotatable bonds is 63. The van der Waals surface area contributed by atoms with Crippen molar-refractivity contribution in [1.82, 2.24) is 0 Å². The van der Waals surface area contributed by atoms with E-state index in [9.17, 15) is 14.4 Å². The van der Waals surface area contributed by atoms with E-state index in [2.05, 4.69) is 118 Å². The van der Waals surface area contributed by atoms with Crippen molar-refractivity contribution in [2.24, 2.45) is 0 Å². The smallest absolute Gasteiger partial charge is 0.306 e. The summed E-state index contributed by atoms with van der Waals surface area (Å²) < 4.78 is 16.9. The fourth-order valence-corrected chi connectivity index (χ4v) is 9.90. The van der Waals surface area contributed by atoms with Crippen molar-refractivity contribution in [3.8, 4) is 0 Å². The fourth-order valence-electron chi connectivity index (χ4n) is 9.90. The molecule has 0 saturated carbocycles. The first-order valence-electron chi connectivity index (χ1n) is 34.7. The SMILES string of the molecule is CC/C=C\C/C=C\C/C=C\C/C=C\C/C=C\CCCC(=O)OC(COC(=O)CCCCCCCCCCCCCCCC/C=C\C/C=C\C/C=C\CCCCCCC)COC(=O)CCCCCCCCCCCCCCCCCCC. The first-order chi connectivity index (χ1) is 40.0. The van der Waals surface area contributed by atoms with Crippen molar-refractivity contribution in [1.29, 1.82) is 0 Å². The van der Waals surface area contributed by atoms with Crippen molar-refractivity contribution in [3.63, 3.8) is 0 Å². The van der Waals surface area contributed by atoms with Gasteiger partial charge in [0.1, 0.15) is 13.2 Å². The molecule has 1 atom stereocenters. The molecule has 0 aromatic carbocycles. The van der Waals surface area contributed by atoms with Gasteiger partial charge in [-0.1, -0.05) is 323 Å². The van der Waals surface area contributed by atoms with Crippen LogP contribution in [0.25, 0.3) is 0 Å². The Bertz CT molecular complexity index is 1580. The van der Waals surface area contributed by atoms with E-state index in [4.69, 9.17) is 14.2 Å². The van der Waals surface area contributed by atoms with Gasteiger partial charge in [0, 0.05) is 19.3 Å². The summed E-state index contributed by atoms with van der Waals surface area (Å²) in [6.07, 6.45) is 93.0. The topological polar surface area (TPSA) is 78.9 Å². The number of unbranched alkanes of at least 4 members (excludes halogenated alkanes) is 36. The highest BCUT2D eigenvalue weighted by Gasteiger charge is 2.19. The van der Waals surface area contributed by atoms with Gasteiger partial charge in [0.2, 0.25) is 0 Å². The highest BCUT2D eigenvalue weighted by atomic mass is 16.6. The minimum atomic E-state index is -0.808. The van der Waals surface area contributed by atoms with Crippen LogP contribution in [0.4, 0.5) is 0 Å². The zero-order chi connectivity index (χ0) is 58.5. The number of allylic oxidation sites excluding steroid dienone is 16. The molecule has 0 bridgehead atoms. The third-order valence-corrected chi connectivity index (χ3v) is 15.1. The van der Waals surface area contributed by atoms with Gasteiger partial charge in [0.15, 0.2) is 6.10 Å². The van der Waals surface area contributed by atoms with Crippen molar-refractivity contribution < 1.29 is 28.6 Å². The summed E-state index contributed by atoms with van der Waals surface area (Å²) in [5.41, 5.74) is 0. The molecule has 0 N–H and O–H groups in total. The monoisotopic (exact) mass is 1130 g/mol. The van der Waals surface area contributed by atoms with Crippen molar-refractivity contribution in [3.05, 3.63) is 97.2 Å². The van der Waals surface area contributed by atoms with E-state index >= 15 is 0 Å². The van der Waals surface area contributed by atoms with E-state index in [1.54, 1.807) is 0 Å². The lowest BCUT2D eigenvalue weighted by molar-refractivity contribution is -0.167. The van der Waals surface area contributed by atoms with Gasteiger partial charge in [-0.2, -0.15) is 0 Å². The van der Waals surface area contributed by atoms with E-state index in [0.717, 1.165) is 89.9 Å². The maximum absolute atomic E-state index is 12.9. The highest BCUT2D eigenvalue weighted by Crippen LogP contribution is 2.17. The highest BCUT2D eigenvalue weighted by molar-refractivity contribution is 5.71. The molecule has 0 heterocycles. The molecule has 0 aliphatic carbocycles. The molecule has 0 aromatic heterocycles. The third-order valence-electron chi connectivity index (χ3n) is 15.1. The Morgan fingerprint density at radius 3 is 0.790 bits per heavy atom. The predicted molar refractivity (Wildman–Crippen MR) is 353 cm³/mol. The molecule has 0 amide bonds. The number of carbonyl (C=O) groups is 3. The molecule has 6 nitrogen and oxygen atoms in total. The second-order valence-electron chi connectivity index (χ2n) is 23.1. The fraction of sp³-hybridized carbons (Fsp3) is 0.747. The summed E-state index contributed by atoms with van der Waals surface area (Å²) in [5, 5.41) is 0. The molecule has 0 aromatic rings. The minimum absolute atomic E-state index is 0.0968. The zero-order valence-electron chi connectivity index (χ0n) is 53.5. The first kappa shape index (κ1) is 77.3. The summed E-state index contributed by atoms with van der Waals surface area (Å²) in [6.45, 7) is 6.51. The van der Waals surface area contributed by atoms with Gasteiger partial charge in [-0.3, -0.25) is 14.4 Å². The Balaban J connectivity index is 4.32. The molecule has 0 spiro atoms. The van der Waals surface area contributed by atoms with E-state index in [1.807, 2.05) is 0 Å². The molecular weight excluding hydrogens is 997 g/mol. The summed E-state index contributed by atoms with van der Waals surface area (Å²) in [5.74, 6) is -0.941. The maximum atomic E-state index is 12.9. The van der Waals surface area contributed by atoms with Crippen LogP contribution in [0.5, 0.6) is 0 Å². The molecule has 0 radical (unpaired) electrons. The van der Waals surface area contributed by atoms with E-state index in [1.165, 1.54) is 205 Å². The van der Waals surface area contributed by atoms with Crippen molar-refractivity contribution >= 4 is 17.9 Å². The van der Waals surface area contributed by atoms with E-state index < -0.39 is 6.10 Å². The van der Waals surface area contributed by atoms with Gasteiger partial charge in [-0.25, -0.2) is 0 Å². The van der Waals surface area contributed by atoms with Crippen LogP contribution in [0.1, 0.15) is 342 Å². The molecule has 1 unspecified atom stereocenters. The van der Waals surface area contributed by atoms with Crippen LogP contribution in [-0.4, -0.2) is 37.2 Å². The Morgan fingerprint density at radius 2 is 0.494 bits per heavy atom. The first-order valence-corrected chi connectivity index (χ1v) is 34.7. The van der Waals surface area contributed by atoms with Crippen LogP contribution in [0.3, 0.4) is 0 Å². The van der Waals surface area contributed by atoms with Gasteiger partial charge in [-0.15, -0.1) is 0 Å². The summed E-state index contributed by atoms with van der Waals surface area (Å²) in [6, 6.07) is 0. The number of hydrogen-bond donors (Lipinski definition) is 0. The van der Waals surface area contributed by atoms with Crippen LogP contribution in [0.15, 0.2) is 97.2 Å². The molecule has 81 heavy (non-hydrogen) atoms. The molecule has 0 saturated heterocycles. The largest absolute Gasteiger partial charge is 0.462 e. The Morgan fingerprint density at radius 1 is 0.259 bits per heavy atom. The van der Waals surface area contributed by atoms with Crippen molar-refractivity contribution in [2.75, 3.05) is 13.2 Å². The normalized spacial score (nSPS) is 12.7. The summed E-state index contributed by atoms with van der Waals surface area (Å²) >= 11 is 0. The average molecular weight is 1130 g/mol. The molecular formula is C75H130O6. The molecule has 0 aliphatic heterocycles. The lowest BCUT2D eigenvalue weighted by Gasteiger charge is -2.18. The van der Waals surface area contributed by atoms with Gasteiger partial charge in [0.05, 0.1) is 0 Å². The average Bonchev–Trinajstić information content (AvgIpc) is 3.47. The van der Waals surface area contributed by atoms with Gasteiger partial charge in [0.25, 0.3) is 0 Å². The molecule has 0 rings (SSSR count). The Labute approximate surface area is 502 Å². The summed E-state index contributed by atoms with van der Waals surface area (Å²) in [4.78, 5) is 38.4.